The molecule has 43 heteroatoms. The Balaban J connectivity index is 0.000000295. The maximum absolute atomic E-state index is 14.4. The van der Waals surface area contributed by atoms with E-state index in [0.717, 1.165) is 6.42 Å². The predicted octanol–water partition coefficient (Wildman–Crippen LogP) is 5.22. The molecule has 6 saturated heterocycles. The van der Waals surface area contributed by atoms with Crippen molar-refractivity contribution < 1.29 is 97.2 Å². The van der Waals surface area contributed by atoms with Crippen molar-refractivity contribution >= 4 is 119 Å². The highest BCUT2D eigenvalue weighted by Gasteiger charge is 2.73. The van der Waals surface area contributed by atoms with Crippen LogP contribution in [0, 0.1) is 96.6 Å². The molecule has 40 nitrogen and oxygen atoms in total. The molecule has 0 radical (unpaired) electrons. The minimum absolute atomic E-state index is 0.0232. The van der Waals surface area contributed by atoms with Crippen molar-refractivity contribution in [1.82, 2.24) is 95.7 Å². The van der Waals surface area contributed by atoms with Gasteiger partial charge in [-0.15, -0.1) is 32.1 Å². The third-order valence-electron chi connectivity index (χ3n) is 30.4. The summed E-state index contributed by atoms with van der Waals surface area (Å²) in [7, 11) is -8.95. The van der Waals surface area contributed by atoms with E-state index in [1.165, 1.54) is 57.2 Å². The van der Waals surface area contributed by atoms with E-state index < -0.39 is 224 Å². The molecule has 3 unspecified atom stereocenters. The van der Waals surface area contributed by atoms with E-state index >= 15 is 0 Å². The van der Waals surface area contributed by atoms with Gasteiger partial charge in [0.05, 0.1) is 29.6 Å². The first-order chi connectivity index (χ1) is 66.6. The van der Waals surface area contributed by atoms with Crippen molar-refractivity contribution in [3.8, 4) is 12.3 Å². The Hall–Kier alpha value is -9.48. The molecule has 15 amide bonds. The SMILES string of the molecule is C#CCCC(NC(=O)[C@@H]1[C@@H]2[C@H](CN1C(=O)[C@@H](NC(=O)N[C@H](CN1CCCS1(=O)=O)C(C)(C)C)C(C)(C)C)C2(C)C)C(=O)C(=O)NCC=C.C=CCNC(=O)C(=O)C(CCC)NC(=O)[C@@H]1[C@@H]2[C@H](CN1C(=O)[C@@H](NC(=O)N[C@H](CN1CCCCS1(=O)=O)C(C)(C)C)C(C)(C)C)C2(C)C.C=CCNC(=O)C(=O)C(CCC)NC(=O)[C@@H]1[C@@H]2[C@H](CN1C(=O)[C@@H](NC(=O)N[C@H](CN1CCCN(C)S1(=O)=O)C(C)(C)C)C(C)(C)C)C2(C)C. The minimum atomic E-state index is -3.67. The molecule has 0 spiro atoms. The molecule has 6 aliphatic heterocycles. The number of terminal acetylenes is 1. The molecule has 9 fully saturated rings. The third kappa shape index (κ3) is 30.2. The van der Waals surface area contributed by atoms with Crippen LogP contribution in [0.1, 0.15) is 244 Å². The number of hydrogen-bond acceptors (Lipinski definition) is 21. The molecule has 9 rings (SSSR count). The topological polar surface area (TPSA) is 526 Å². The first-order valence-corrected chi connectivity index (χ1v) is 55.7. The number of ketones is 3. The third-order valence-corrected chi connectivity index (χ3v) is 36.2. The Bertz CT molecular complexity index is 5210. The Morgan fingerprint density at radius 3 is 0.910 bits per heavy atom. The highest BCUT2D eigenvalue weighted by Crippen LogP contribution is 2.67. The summed E-state index contributed by atoms with van der Waals surface area (Å²) in [4.78, 5) is 207. The molecule has 12 N–H and O–H groups in total. The number of nitrogens with one attached hydrogen (secondary N) is 12. The van der Waals surface area contributed by atoms with Gasteiger partial charge in [-0.2, -0.15) is 25.6 Å². The molecule has 18 atom stereocenters. The van der Waals surface area contributed by atoms with E-state index in [0.29, 0.717) is 71.4 Å². The van der Waals surface area contributed by atoms with Crippen LogP contribution in [0.3, 0.4) is 0 Å². The van der Waals surface area contributed by atoms with Gasteiger partial charge >= 0.3 is 18.1 Å². The van der Waals surface area contributed by atoms with Gasteiger partial charge in [0.1, 0.15) is 36.3 Å². The molecular weight excluding hydrogens is 1920 g/mol. The summed E-state index contributed by atoms with van der Waals surface area (Å²) in [6, 6.07) is -12.7. The quantitative estimate of drug-likeness (QED) is 0.0213. The molecule has 818 valence electrons. The number of hydrogen-bond donors (Lipinski definition) is 12. The van der Waals surface area contributed by atoms with Crippen molar-refractivity contribution in [3.63, 3.8) is 0 Å². The summed E-state index contributed by atoms with van der Waals surface area (Å²) in [5.74, 6) is -5.54. The molecule has 3 saturated carbocycles. The first-order valence-electron chi connectivity index (χ1n) is 51.1. The number of carbonyl (C=O) groups is 15. The van der Waals surface area contributed by atoms with Crippen molar-refractivity contribution in [2.45, 2.75) is 317 Å². The number of urea groups is 3. The largest absolute Gasteiger partial charge is 0.346 e. The molecule has 9 aliphatic rings. The average molecular weight is 2100 g/mol. The van der Waals surface area contributed by atoms with Crippen LogP contribution in [-0.2, 0) is 87.8 Å². The summed E-state index contributed by atoms with van der Waals surface area (Å²) in [5, 5.41) is 33.0. The highest BCUT2D eigenvalue weighted by atomic mass is 32.2. The van der Waals surface area contributed by atoms with Crippen molar-refractivity contribution in [2.24, 2.45) is 84.2 Å². The molecule has 6 heterocycles. The normalized spacial score (nSPS) is 25.0. The molecule has 0 aromatic heterocycles. The van der Waals surface area contributed by atoms with Crippen molar-refractivity contribution in [2.75, 3.05) is 104 Å². The Morgan fingerprint density at radius 2 is 0.655 bits per heavy atom. The van der Waals surface area contributed by atoms with Gasteiger partial charge in [0, 0.05) is 117 Å². The number of carbonyl (C=O) groups excluding carboxylic acids is 15. The number of likely N-dealkylation sites (tertiary alicyclic amines) is 3. The second-order valence-electron chi connectivity index (χ2n) is 48.7. The predicted molar refractivity (Wildman–Crippen MR) is 554 cm³/mol. The lowest BCUT2D eigenvalue weighted by Gasteiger charge is -2.40. The maximum atomic E-state index is 14.4. The summed E-state index contributed by atoms with van der Waals surface area (Å²) in [6.45, 7) is 63.1. The van der Waals surface area contributed by atoms with Crippen LogP contribution in [0.2, 0.25) is 0 Å². The fourth-order valence-corrected chi connectivity index (χ4v) is 25.3. The zero-order valence-electron chi connectivity index (χ0n) is 90.9. The molecule has 0 aromatic carbocycles. The number of fused-ring (bicyclic) bond motifs is 3. The average Bonchev–Trinajstić information content (AvgIpc) is 1.53. The zero-order chi connectivity index (χ0) is 110. The van der Waals surface area contributed by atoms with Gasteiger partial charge in [0.15, 0.2) is 0 Å². The van der Waals surface area contributed by atoms with Crippen LogP contribution < -0.4 is 63.8 Å². The fraction of sp³-hybridized carbons (Fsp3) is 0.775. The zero-order valence-corrected chi connectivity index (χ0v) is 93.4. The number of sulfonamides is 2. The lowest BCUT2D eigenvalue weighted by Crippen LogP contribution is -2.63. The van der Waals surface area contributed by atoms with E-state index in [9.17, 15) is 97.2 Å². The van der Waals surface area contributed by atoms with Crippen LogP contribution in [0.15, 0.2) is 38.0 Å². The second kappa shape index (κ2) is 48.0. The van der Waals surface area contributed by atoms with Crippen LogP contribution in [0.5, 0.6) is 0 Å². The summed E-state index contributed by atoms with van der Waals surface area (Å²) >= 11 is 0. The molecule has 145 heavy (non-hydrogen) atoms. The number of rotatable bonds is 39. The second-order valence-corrected chi connectivity index (χ2v) is 54.9. The Morgan fingerprint density at radius 1 is 0.379 bits per heavy atom. The van der Waals surface area contributed by atoms with Gasteiger partial charge < -0.3 is 78.5 Å². The summed E-state index contributed by atoms with van der Waals surface area (Å²) in [6.07, 6.45) is 14.1. The van der Waals surface area contributed by atoms with Crippen molar-refractivity contribution in [1.29, 1.82) is 0 Å². The number of amides is 15. The molecule has 0 aromatic rings. The van der Waals surface area contributed by atoms with Crippen LogP contribution >= 0.6 is 0 Å². The smallest absolute Gasteiger partial charge is 0.315 e. The summed E-state index contributed by atoms with van der Waals surface area (Å²) < 4.78 is 81.9. The van der Waals surface area contributed by atoms with E-state index in [1.54, 1.807) is 20.8 Å². The van der Waals surface area contributed by atoms with Gasteiger partial charge in [-0.1, -0.05) is 211 Å². The summed E-state index contributed by atoms with van der Waals surface area (Å²) in [5.41, 5.74) is -4.48. The number of piperidine rings is 3. The monoisotopic (exact) mass is 2090 g/mol. The molecule has 0 bridgehead atoms. The van der Waals surface area contributed by atoms with Gasteiger partial charge in [-0.05, 0) is 129 Å². The van der Waals surface area contributed by atoms with Gasteiger partial charge in [-0.3, -0.25) is 57.5 Å². The van der Waals surface area contributed by atoms with Crippen LogP contribution in [-0.4, -0.2) is 322 Å². The highest BCUT2D eigenvalue weighted by molar-refractivity contribution is 7.89. The van der Waals surface area contributed by atoms with E-state index in [1.807, 2.05) is 159 Å². The van der Waals surface area contributed by atoms with Crippen molar-refractivity contribution in [3.05, 3.63) is 38.0 Å². The van der Waals surface area contributed by atoms with Gasteiger partial charge in [-0.25, -0.2) is 31.2 Å². The Kier molecular flexibility index (Phi) is 40.5. The fourth-order valence-electron chi connectivity index (χ4n) is 20.7. The number of nitrogens with zero attached hydrogens (tertiary/aromatic N) is 7. The maximum Gasteiger partial charge on any atom is 0.315 e. The Labute approximate surface area is 861 Å². The van der Waals surface area contributed by atoms with Crippen LogP contribution in [0.4, 0.5) is 14.4 Å². The molecule has 3 aliphatic carbocycles. The lowest BCUT2D eigenvalue weighted by atomic mass is 9.85. The van der Waals surface area contributed by atoms with Gasteiger partial charge in [0.25, 0.3) is 27.9 Å². The first kappa shape index (κ1) is 122. The van der Waals surface area contributed by atoms with Gasteiger partial charge in [0.2, 0.25) is 72.8 Å². The van der Waals surface area contributed by atoms with E-state index in [-0.39, 0.29) is 135 Å². The van der Waals surface area contributed by atoms with E-state index in [4.69, 9.17) is 6.42 Å². The number of Topliss-reactive ketones (excluding diaryl/α,β-unsaturated/α-hetero) is 3. The lowest BCUT2D eigenvalue weighted by molar-refractivity contribution is -0.145. The van der Waals surface area contributed by atoms with E-state index in [2.05, 4.69) is 89.5 Å². The van der Waals surface area contributed by atoms with Crippen LogP contribution in [0.25, 0.3) is 0 Å². The molecular formula is C102H171N19O21S3. The standard InChI is InChI=1S/C34H59N7O7S.C34H58N6O7S.C34H54N6O7S/c1-12-15-22(26(42)29(44)35-16-13-2)36-28(43)25-24-21(34(24,9)10)19-41(25)30(45)27(33(6,7)8)38-31(46)37-23(32(3,4)5)20-40-18-14-17-39(11)49(40,47)48;1-11-15-22(26(41)29(43)35-16-12-2)36-28(42)25-24-21(34(24,9)10)19-40(25)30(44)27(33(6,7)8)38-31(45)37-23(32(3,4)5)20-39-17-13-14-18-48(39,46)47;1-11-13-15-22(26(41)29(43)35-16-12-2)36-28(42)25-24-21(34(24,9)10)19-40(25)30(44)27(33(6,7)8)38-31(45)37-23(32(3,4)5)20-39-17-14-18-48(39,46)47/h13,21-25,27H,2,12,14-20H2,1,3-11H3,(H,35,44)(H,36,43)(H2,37,38,46);12,21-25,27H,2,11,13-20H2,1,3-10H3,(H,35,43)(H,36,42)(H2,37,38,45);1,12,21-25,27H,2,13-20H2,3-10H3,(H,35,43)(H,36,42)(H2,37,38,45)/t3*21-,22?,23+,24-,25-,27+/m000/s1. The minimum Gasteiger partial charge on any atom is -0.346 e.